The molecule has 0 heterocycles. The standard InChI is InChI=1S/C13H22N2O2S/c1-3-14-11-12(2)18(16,17)15-10-9-13-7-5-4-6-8-13/h4-8,12,14-15H,3,9-11H2,1-2H3. The van der Waals surface area contributed by atoms with Gasteiger partial charge in [-0.25, -0.2) is 13.1 Å². The summed E-state index contributed by atoms with van der Waals surface area (Å²) in [5.41, 5.74) is 1.14. The number of hydrogen-bond acceptors (Lipinski definition) is 3. The molecule has 0 aromatic heterocycles. The van der Waals surface area contributed by atoms with Gasteiger partial charge in [-0.3, -0.25) is 0 Å². The molecular formula is C13H22N2O2S. The van der Waals surface area contributed by atoms with Gasteiger partial charge in [-0.05, 0) is 25.5 Å². The first-order chi connectivity index (χ1) is 8.56. The monoisotopic (exact) mass is 270 g/mol. The lowest BCUT2D eigenvalue weighted by molar-refractivity contribution is 0.560. The molecule has 1 aromatic carbocycles. The molecule has 0 amide bonds. The first-order valence-corrected chi connectivity index (χ1v) is 7.84. The van der Waals surface area contributed by atoms with Crippen LogP contribution in [0.4, 0.5) is 0 Å². The number of nitrogens with one attached hydrogen (secondary N) is 2. The number of rotatable bonds is 8. The van der Waals surface area contributed by atoms with E-state index in [0.29, 0.717) is 19.5 Å². The molecular weight excluding hydrogens is 248 g/mol. The molecule has 0 radical (unpaired) electrons. The Hall–Kier alpha value is -0.910. The highest BCUT2D eigenvalue weighted by molar-refractivity contribution is 7.90. The molecule has 0 fully saturated rings. The molecule has 0 aliphatic carbocycles. The van der Waals surface area contributed by atoms with E-state index in [1.807, 2.05) is 37.3 Å². The molecule has 1 aromatic rings. The van der Waals surface area contributed by atoms with Crippen LogP contribution in [0.25, 0.3) is 0 Å². The average Bonchev–Trinajstić information content (AvgIpc) is 2.37. The lowest BCUT2D eigenvalue weighted by atomic mass is 10.2. The third-order valence-electron chi connectivity index (χ3n) is 2.77. The maximum Gasteiger partial charge on any atom is 0.215 e. The van der Waals surface area contributed by atoms with E-state index in [9.17, 15) is 8.42 Å². The number of benzene rings is 1. The molecule has 1 atom stereocenters. The van der Waals surface area contributed by atoms with Gasteiger partial charge < -0.3 is 5.32 Å². The Bertz CT molecular complexity index is 432. The molecule has 0 saturated heterocycles. The van der Waals surface area contributed by atoms with Crippen molar-refractivity contribution in [2.24, 2.45) is 0 Å². The van der Waals surface area contributed by atoms with E-state index in [-0.39, 0.29) is 0 Å². The Morgan fingerprint density at radius 1 is 1.22 bits per heavy atom. The molecule has 5 heteroatoms. The zero-order valence-corrected chi connectivity index (χ0v) is 11.8. The summed E-state index contributed by atoms with van der Waals surface area (Å²) in [7, 11) is -3.22. The Labute approximate surface area is 110 Å². The predicted molar refractivity (Wildman–Crippen MR) is 75.1 cm³/mol. The highest BCUT2D eigenvalue weighted by Crippen LogP contribution is 2.00. The molecule has 1 rings (SSSR count). The molecule has 0 aliphatic rings. The fourth-order valence-corrected chi connectivity index (χ4v) is 2.59. The summed E-state index contributed by atoms with van der Waals surface area (Å²) in [5, 5.41) is 2.63. The molecule has 1 unspecified atom stereocenters. The van der Waals surface area contributed by atoms with Gasteiger partial charge in [-0.15, -0.1) is 0 Å². The van der Waals surface area contributed by atoms with Crippen molar-refractivity contribution in [3.8, 4) is 0 Å². The summed E-state index contributed by atoms with van der Waals surface area (Å²) in [6.07, 6.45) is 0.716. The molecule has 4 nitrogen and oxygen atoms in total. The van der Waals surface area contributed by atoms with Crippen molar-refractivity contribution in [2.75, 3.05) is 19.6 Å². The van der Waals surface area contributed by atoms with Crippen LogP contribution in [0.2, 0.25) is 0 Å². The Kier molecular flexibility index (Phi) is 6.32. The summed E-state index contributed by atoms with van der Waals surface area (Å²) in [5.74, 6) is 0. The van der Waals surface area contributed by atoms with Crippen LogP contribution in [0, 0.1) is 0 Å². The molecule has 0 spiro atoms. The van der Waals surface area contributed by atoms with Crippen LogP contribution in [-0.4, -0.2) is 33.3 Å². The first-order valence-electron chi connectivity index (χ1n) is 6.29. The minimum atomic E-state index is -3.22. The van der Waals surface area contributed by atoms with Crippen molar-refractivity contribution in [1.29, 1.82) is 0 Å². The summed E-state index contributed by atoms with van der Waals surface area (Å²) in [6, 6.07) is 9.86. The maximum absolute atomic E-state index is 11.9. The Morgan fingerprint density at radius 2 is 1.89 bits per heavy atom. The minimum absolute atomic E-state index is 0.409. The second kappa shape index (κ2) is 7.51. The molecule has 2 N–H and O–H groups in total. The van der Waals surface area contributed by atoms with E-state index >= 15 is 0 Å². The first kappa shape index (κ1) is 15.1. The van der Waals surface area contributed by atoms with Crippen LogP contribution in [0.15, 0.2) is 30.3 Å². The van der Waals surface area contributed by atoms with Gasteiger partial charge in [0.1, 0.15) is 0 Å². The molecule has 0 saturated carbocycles. The smallest absolute Gasteiger partial charge is 0.215 e. The van der Waals surface area contributed by atoms with Crippen LogP contribution in [0.5, 0.6) is 0 Å². The average molecular weight is 270 g/mol. The summed E-state index contributed by atoms with van der Waals surface area (Å²) in [4.78, 5) is 0. The second-order valence-electron chi connectivity index (χ2n) is 4.29. The van der Waals surface area contributed by atoms with Crippen molar-refractivity contribution in [1.82, 2.24) is 10.0 Å². The third-order valence-corrected chi connectivity index (χ3v) is 4.60. The fourth-order valence-electron chi connectivity index (χ4n) is 1.58. The van der Waals surface area contributed by atoms with Crippen LogP contribution in [-0.2, 0) is 16.4 Å². The van der Waals surface area contributed by atoms with Crippen molar-refractivity contribution in [3.63, 3.8) is 0 Å². The molecule has 0 bridgehead atoms. The lowest BCUT2D eigenvalue weighted by Gasteiger charge is -2.14. The fraction of sp³-hybridized carbons (Fsp3) is 0.538. The van der Waals surface area contributed by atoms with Gasteiger partial charge in [0.2, 0.25) is 10.0 Å². The van der Waals surface area contributed by atoms with E-state index in [0.717, 1.165) is 12.1 Å². The van der Waals surface area contributed by atoms with Gasteiger partial charge in [0, 0.05) is 13.1 Å². The van der Waals surface area contributed by atoms with Gasteiger partial charge in [-0.2, -0.15) is 0 Å². The van der Waals surface area contributed by atoms with Gasteiger partial charge in [0.05, 0.1) is 5.25 Å². The van der Waals surface area contributed by atoms with Crippen LogP contribution < -0.4 is 10.0 Å². The minimum Gasteiger partial charge on any atom is -0.316 e. The highest BCUT2D eigenvalue weighted by atomic mass is 32.2. The topological polar surface area (TPSA) is 58.2 Å². The zero-order chi connectivity index (χ0) is 13.4. The van der Waals surface area contributed by atoms with Gasteiger partial charge in [0.15, 0.2) is 0 Å². The van der Waals surface area contributed by atoms with Gasteiger partial charge >= 0.3 is 0 Å². The third kappa shape index (κ3) is 5.16. The molecule has 18 heavy (non-hydrogen) atoms. The van der Waals surface area contributed by atoms with Crippen LogP contribution in [0.1, 0.15) is 19.4 Å². The summed E-state index contributed by atoms with van der Waals surface area (Å²) >= 11 is 0. The van der Waals surface area contributed by atoms with E-state index < -0.39 is 15.3 Å². The number of sulfonamides is 1. The van der Waals surface area contributed by atoms with Crippen molar-refractivity contribution < 1.29 is 8.42 Å². The quantitative estimate of drug-likeness (QED) is 0.745. The number of hydrogen-bond donors (Lipinski definition) is 2. The largest absolute Gasteiger partial charge is 0.316 e. The molecule has 0 aliphatic heterocycles. The van der Waals surface area contributed by atoms with E-state index in [2.05, 4.69) is 10.0 Å². The van der Waals surface area contributed by atoms with E-state index in [1.54, 1.807) is 6.92 Å². The Morgan fingerprint density at radius 3 is 2.50 bits per heavy atom. The van der Waals surface area contributed by atoms with E-state index in [1.165, 1.54) is 0 Å². The van der Waals surface area contributed by atoms with Gasteiger partial charge in [-0.1, -0.05) is 37.3 Å². The second-order valence-corrected chi connectivity index (χ2v) is 6.48. The maximum atomic E-state index is 11.9. The zero-order valence-electron chi connectivity index (χ0n) is 11.0. The van der Waals surface area contributed by atoms with Crippen molar-refractivity contribution in [3.05, 3.63) is 35.9 Å². The van der Waals surface area contributed by atoms with Crippen LogP contribution >= 0.6 is 0 Å². The SMILES string of the molecule is CCNCC(C)S(=O)(=O)NCCc1ccccc1. The summed E-state index contributed by atoms with van der Waals surface area (Å²) in [6.45, 7) is 5.39. The summed E-state index contributed by atoms with van der Waals surface area (Å²) < 4.78 is 26.4. The van der Waals surface area contributed by atoms with Crippen molar-refractivity contribution >= 4 is 10.0 Å². The van der Waals surface area contributed by atoms with E-state index in [4.69, 9.17) is 0 Å². The lowest BCUT2D eigenvalue weighted by Crippen LogP contribution is -2.39. The predicted octanol–water partition coefficient (Wildman–Crippen LogP) is 1.15. The Balaban J connectivity index is 2.38. The normalized spacial score (nSPS) is 13.4. The van der Waals surface area contributed by atoms with Crippen LogP contribution in [0.3, 0.4) is 0 Å². The van der Waals surface area contributed by atoms with Crippen molar-refractivity contribution in [2.45, 2.75) is 25.5 Å². The highest BCUT2D eigenvalue weighted by Gasteiger charge is 2.18. The molecule has 102 valence electrons. The van der Waals surface area contributed by atoms with Gasteiger partial charge in [0.25, 0.3) is 0 Å².